The smallest absolute Gasteiger partial charge is 0.251 e. The fourth-order valence-corrected chi connectivity index (χ4v) is 4.06. The maximum Gasteiger partial charge on any atom is 0.251 e. The summed E-state index contributed by atoms with van der Waals surface area (Å²) in [6.07, 6.45) is 3.64. The van der Waals surface area contributed by atoms with Crippen molar-refractivity contribution in [3.8, 4) is 0 Å². The van der Waals surface area contributed by atoms with E-state index in [0.29, 0.717) is 23.8 Å². The summed E-state index contributed by atoms with van der Waals surface area (Å²) in [5, 5.41) is 6.66. The fraction of sp³-hybridized carbons (Fsp3) is 0.632. The lowest BCUT2D eigenvalue weighted by Crippen LogP contribution is -2.45. The van der Waals surface area contributed by atoms with E-state index in [9.17, 15) is 4.79 Å². The highest BCUT2D eigenvalue weighted by Gasteiger charge is 2.31. The molecule has 0 aromatic heterocycles. The van der Waals surface area contributed by atoms with Crippen LogP contribution in [0.2, 0.25) is 0 Å². The van der Waals surface area contributed by atoms with Crippen molar-refractivity contribution in [2.45, 2.75) is 59.2 Å². The zero-order chi connectivity index (χ0) is 15.7. The summed E-state index contributed by atoms with van der Waals surface area (Å²) < 4.78 is 0. The van der Waals surface area contributed by atoms with Crippen molar-refractivity contribution in [3.05, 3.63) is 34.9 Å². The van der Waals surface area contributed by atoms with Crippen LogP contribution in [0, 0.1) is 17.8 Å². The van der Waals surface area contributed by atoms with Gasteiger partial charge in [-0.1, -0.05) is 33.3 Å². The second kappa shape index (κ2) is 6.41. The van der Waals surface area contributed by atoms with Crippen LogP contribution >= 0.6 is 0 Å². The summed E-state index contributed by atoms with van der Waals surface area (Å²) in [6.45, 7) is 8.66. The molecule has 1 fully saturated rings. The van der Waals surface area contributed by atoms with E-state index < -0.39 is 0 Å². The van der Waals surface area contributed by atoms with Gasteiger partial charge in [0, 0.05) is 24.7 Å². The molecule has 0 radical (unpaired) electrons. The molecule has 1 aromatic rings. The maximum atomic E-state index is 12.7. The summed E-state index contributed by atoms with van der Waals surface area (Å²) in [5.74, 6) is 2.04. The monoisotopic (exact) mass is 300 g/mol. The van der Waals surface area contributed by atoms with Gasteiger partial charge >= 0.3 is 0 Å². The number of carbonyl (C=O) groups excluding carboxylic acids is 1. The number of hydrogen-bond acceptors (Lipinski definition) is 2. The molecule has 2 N–H and O–H groups in total. The van der Waals surface area contributed by atoms with Crippen molar-refractivity contribution in [1.82, 2.24) is 10.6 Å². The number of fused-ring (bicyclic) bond motifs is 1. The van der Waals surface area contributed by atoms with E-state index in [1.54, 1.807) is 0 Å². The summed E-state index contributed by atoms with van der Waals surface area (Å²) >= 11 is 0. The molecular formula is C19H28N2O. The average molecular weight is 300 g/mol. The van der Waals surface area contributed by atoms with Gasteiger partial charge in [0.15, 0.2) is 0 Å². The van der Waals surface area contributed by atoms with Crippen molar-refractivity contribution in [2.75, 3.05) is 0 Å². The minimum absolute atomic E-state index is 0.0967. The molecule has 3 unspecified atom stereocenters. The molecule has 22 heavy (non-hydrogen) atoms. The number of nitrogens with one attached hydrogen (secondary N) is 2. The normalized spacial score (nSPS) is 27.7. The Morgan fingerprint density at radius 2 is 2.00 bits per heavy atom. The van der Waals surface area contributed by atoms with Crippen LogP contribution in [0.4, 0.5) is 0 Å². The number of benzene rings is 1. The molecule has 1 amide bonds. The van der Waals surface area contributed by atoms with Gasteiger partial charge in [0.05, 0.1) is 0 Å². The summed E-state index contributed by atoms with van der Waals surface area (Å²) in [7, 11) is 0. The lowest BCUT2D eigenvalue weighted by molar-refractivity contribution is 0.0868. The van der Waals surface area contributed by atoms with Crippen LogP contribution in [0.1, 0.15) is 61.5 Å². The van der Waals surface area contributed by atoms with Crippen molar-refractivity contribution in [1.29, 1.82) is 0 Å². The molecule has 1 saturated carbocycles. The average Bonchev–Trinajstić information content (AvgIpc) is 2.94. The highest BCUT2D eigenvalue weighted by molar-refractivity contribution is 5.94. The van der Waals surface area contributed by atoms with Gasteiger partial charge in [0.2, 0.25) is 0 Å². The van der Waals surface area contributed by atoms with Gasteiger partial charge < -0.3 is 10.6 Å². The Bertz CT molecular complexity index is 552. The number of carbonyl (C=O) groups is 1. The predicted molar refractivity (Wildman–Crippen MR) is 89.6 cm³/mol. The summed E-state index contributed by atoms with van der Waals surface area (Å²) in [5.41, 5.74) is 3.40. The zero-order valence-corrected chi connectivity index (χ0v) is 14.0. The van der Waals surface area contributed by atoms with Gasteiger partial charge in [-0.05, 0) is 53.9 Å². The first-order chi connectivity index (χ1) is 10.5. The maximum absolute atomic E-state index is 12.7. The lowest BCUT2D eigenvalue weighted by Gasteiger charge is -2.37. The Hall–Kier alpha value is -1.35. The second-order valence-corrected chi connectivity index (χ2v) is 7.49. The van der Waals surface area contributed by atoms with Crippen LogP contribution in [0.3, 0.4) is 0 Å². The van der Waals surface area contributed by atoms with Gasteiger partial charge in [0.1, 0.15) is 0 Å². The molecule has 120 valence electrons. The highest BCUT2D eigenvalue weighted by Crippen LogP contribution is 2.33. The molecule has 1 aliphatic heterocycles. The molecular weight excluding hydrogens is 272 g/mol. The van der Waals surface area contributed by atoms with E-state index >= 15 is 0 Å². The van der Waals surface area contributed by atoms with Crippen molar-refractivity contribution >= 4 is 5.91 Å². The molecule has 3 atom stereocenters. The van der Waals surface area contributed by atoms with E-state index in [4.69, 9.17) is 0 Å². The Balaban J connectivity index is 1.72. The summed E-state index contributed by atoms with van der Waals surface area (Å²) in [4.78, 5) is 12.7. The first kappa shape index (κ1) is 15.5. The van der Waals surface area contributed by atoms with E-state index in [1.165, 1.54) is 24.0 Å². The van der Waals surface area contributed by atoms with Gasteiger partial charge in [-0.25, -0.2) is 0 Å². The number of hydrogen-bond donors (Lipinski definition) is 2. The van der Waals surface area contributed by atoms with E-state index in [-0.39, 0.29) is 5.91 Å². The topological polar surface area (TPSA) is 41.1 Å². The molecule has 0 spiro atoms. The minimum atomic E-state index is 0.0967. The Morgan fingerprint density at radius 1 is 1.23 bits per heavy atom. The summed E-state index contributed by atoms with van der Waals surface area (Å²) in [6, 6.07) is 6.44. The third kappa shape index (κ3) is 3.19. The van der Waals surface area contributed by atoms with Gasteiger partial charge in [-0.15, -0.1) is 0 Å². The Morgan fingerprint density at radius 3 is 2.77 bits per heavy atom. The van der Waals surface area contributed by atoms with E-state index in [2.05, 4.69) is 43.5 Å². The first-order valence-corrected chi connectivity index (χ1v) is 8.68. The quantitative estimate of drug-likeness (QED) is 0.897. The molecule has 1 aliphatic carbocycles. The van der Waals surface area contributed by atoms with Crippen LogP contribution in [0.15, 0.2) is 18.2 Å². The fourth-order valence-electron chi connectivity index (χ4n) is 4.06. The SMILES string of the molecule is CC1CCC(C(C)C)C(NC(=O)c2ccc3c(c2)CNC3)C1. The molecule has 3 nitrogen and oxygen atoms in total. The molecule has 1 aromatic carbocycles. The largest absolute Gasteiger partial charge is 0.349 e. The van der Waals surface area contributed by atoms with Crippen molar-refractivity contribution in [2.24, 2.45) is 17.8 Å². The third-order valence-corrected chi connectivity index (χ3v) is 5.44. The van der Waals surface area contributed by atoms with Gasteiger partial charge in [0.25, 0.3) is 5.91 Å². The molecule has 3 heteroatoms. The van der Waals surface area contributed by atoms with Gasteiger partial charge in [-0.3, -0.25) is 4.79 Å². The van der Waals surface area contributed by atoms with Crippen LogP contribution in [-0.2, 0) is 13.1 Å². The van der Waals surface area contributed by atoms with Gasteiger partial charge in [-0.2, -0.15) is 0 Å². The zero-order valence-electron chi connectivity index (χ0n) is 14.0. The van der Waals surface area contributed by atoms with E-state index in [0.717, 1.165) is 25.1 Å². The van der Waals surface area contributed by atoms with Crippen LogP contribution in [-0.4, -0.2) is 11.9 Å². The first-order valence-electron chi connectivity index (χ1n) is 8.68. The number of rotatable bonds is 3. The highest BCUT2D eigenvalue weighted by atomic mass is 16.1. The molecule has 3 rings (SSSR count). The molecule has 2 aliphatic rings. The van der Waals surface area contributed by atoms with E-state index in [1.807, 2.05) is 6.07 Å². The van der Waals surface area contributed by atoms with Crippen molar-refractivity contribution < 1.29 is 4.79 Å². The standard InChI is InChI=1S/C19H28N2O/c1-12(2)17-7-4-13(3)8-18(17)21-19(22)14-5-6-15-10-20-11-16(15)9-14/h5-6,9,12-13,17-18,20H,4,7-8,10-11H2,1-3H3,(H,21,22). The Kier molecular flexibility index (Phi) is 4.53. The number of amides is 1. The van der Waals surface area contributed by atoms with Crippen LogP contribution < -0.4 is 10.6 Å². The second-order valence-electron chi connectivity index (χ2n) is 7.49. The predicted octanol–water partition coefficient (Wildman–Crippen LogP) is 3.48. The lowest BCUT2D eigenvalue weighted by atomic mass is 9.74. The molecule has 0 saturated heterocycles. The third-order valence-electron chi connectivity index (χ3n) is 5.44. The molecule has 0 bridgehead atoms. The van der Waals surface area contributed by atoms with Crippen LogP contribution in [0.5, 0.6) is 0 Å². The Labute approximate surface area is 133 Å². The van der Waals surface area contributed by atoms with Crippen molar-refractivity contribution in [3.63, 3.8) is 0 Å². The molecule has 1 heterocycles. The minimum Gasteiger partial charge on any atom is -0.349 e. The van der Waals surface area contributed by atoms with Crippen LogP contribution in [0.25, 0.3) is 0 Å².